The molecule has 0 saturated carbocycles. The Hall–Kier alpha value is -2.76. The number of hydrogen-bond donors (Lipinski definition) is 1. The van der Waals surface area contributed by atoms with Crippen LogP contribution in [0, 0.1) is 10.1 Å². The van der Waals surface area contributed by atoms with Gasteiger partial charge in [-0.05, 0) is 18.2 Å². The van der Waals surface area contributed by atoms with E-state index in [2.05, 4.69) is 15.5 Å². The molecule has 0 fully saturated rings. The summed E-state index contributed by atoms with van der Waals surface area (Å²) in [4.78, 5) is 14.2. The van der Waals surface area contributed by atoms with Crippen LogP contribution in [-0.4, -0.2) is 16.1 Å². The van der Waals surface area contributed by atoms with Crippen molar-refractivity contribution in [1.29, 1.82) is 0 Å². The number of benzene rings is 1. The van der Waals surface area contributed by atoms with Crippen LogP contribution in [0.25, 0.3) is 0 Å². The van der Waals surface area contributed by atoms with Crippen molar-refractivity contribution < 1.29 is 4.92 Å². The molecule has 0 aliphatic heterocycles. The van der Waals surface area contributed by atoms with Crippen molar-refractivity contribution in [2.75, 3.05) is 5.43 Å². The third-order valence-corrected chi connectivity index (χ3v) is 2.14. The van der Waals surface area contributed by atoms with Crippen LogP contribution in [0.15, 0.2) is 53.8 Å². The number of nitro groups is 1. The van der Waals surface area contributed by atoms with Gasteiger partial charge in [0, 0.05) is 18.3 Å². The lowest BCUT2D eigenvalue weighted by Gasteiger charge is -1.99. The highest BCUT2D eigenvalue weighted by molar-refractivity contribution is 5.77. The molecule has 2 aromatic rings. The number of nitrogens with one attached hydrogen (secondary N) is 1. The molecule has 90 valence electrons. The van der Waals surface area contributed by atoms with Crippen molar-refractivity contribution in [3.63, 3.8) is 0 Å². The second-order valence-electron chi connectivity index (χ2n) is 3.43. The van der Waals surface area contributed by atoms with Gasteiger partial charge in [0.1, 0.15) is 0 Å². The van der Waals surface area contributed by atoms with Gasteiger partial charge in [0.05, 0.1) is 22.5 Å². The normalized spacial score (nSPS) is 10.4. The van der Waals surface area contributed by atoms with Crippen LogP contribution < -0.4 is 5.43 Å². The van der Waals surface area contributed by atoms with Crippen LogP contribution in [0.4, 0.5) is 11.4 Å². The summed E-state index contributed by atoms with van der Waals surface area (Å²) < 4.78 is 0. The van der Waals surface area contributed by atoms with E-state index >= 15 is 0 Å². The van der Waals surface area contributed by atoms with E-state index < -0.39 is 4.92 Å². The van der Waals surface area contributed by atoms with E-state index in [-0.39, 0.29) is 5.69 Å². The number of non-ortho nitro benzene ring substituents is 1. The molecule has 0 atom stereocenters. The second kappa shape index (κ2) is 5.53. The monoisotopic (exact) mass is 242 g/mol. The number of nitro benzene ring substituents is 1. The first-order valence-corrected chi connectivity index (χ1v) is 5.20. The number of anilines is 1. The van der Waals surface area contributed by atoms with Gasteiger partial charge < -0.3 is 0 Å². The van der Waals surface area contributed by atoms with Gasteiger partial charge in [0.15, 0.2) is 0 Å². The van der Waals surface area contributed by atoms with Gasteiger partial charge >= 0.3 is 0 Å². The van der Waals surface area contributed by atoms with E-state index in [1.54, 1.807) is 30.6 Å². The molecule has 6 heteroatoms. The summed E-state index contributed by atoms with van der Waals surface area (Å²) >= 11 is 0. The molecule has 1 N–H and O–H groups in total. The minimum absolute atomic E-state index is 0.0213. The lowest BCUT2D eigenvalue weighted by Crippen LogP contribution is -1.93. The molecule has 0 aliphatic rings. The Morgan fingerprint density at radius 2 is 2.17 bits per heavy atom. The first-order chi connectivity index (χ1) is 8.75. The van der Waals surface area contributed by atoms with Crippen LogP contribution in [0.1, 0.15) is 5.69 Å². The standard InChI is InChI=1S/C12H10N4O2/c17-16(18)12-6-3-5-10(8-12)15-14-9-11-4-1-2-7-13-11/h1-9,15H. The van der Waals surface area contributed by atoms with Crippen LogP contribution in [0.5, 0.6) is 0 Å². The topological polar surface area (TPSA) is 80.4 Å². The number of pyridine rings is 1. The highest BCUT2D eigenvalue weighted by Gasteiger charge is 2.04. The fourth-order valence-electron chi connectivity index (χ4n) is 1.31. The van der Waals surface area contributed by atoms with E-state index in [0.717, 1.165) is 0 Å². The van der Waals surface area contributed by atoms with Crippen molar-refractivity contribution in [2.45, 2.75) is 0 Å². The van der Waals surface area contributed by atoms with Gasteiger partial charge in [-0.15, -0.1) is 0 Å². The molecule has 0 spiro atoms. The summed E-state index contributed by atoms with van der Waals surface area (Å²) in [5, 5.41) is 14.5. The number of aromatic nitrogens is 1. The maximum absolute atomic E-state index is 10.6. The third kappa shape index (κ3) is 3.11. The predicted octanol–water partition coefficient (Wildman–Crippen LogP) is 2.44. The van der Waals surface area contributed by atoms with Crippen molar-refractivity contribution in [3.05, 3.63) is 64.5 Å². The average Bonchev–Trinajstić information content (AvgIpc) is 2.40. The zero-order valence-corrected chi connectivity index (χ0v) is 9.35. The predicted molar refractivity (Wildman–Crippen MR) is 68.6 cm³/mol. The zero-order chi connectivity index (χ0) is 12.8. The summed E-state index contributed by atoms with van der Waals surface area (Å²) in [6.07, 6.45) is 3.20. The highest BCUT2D eigenvalue weighted by atomic mass is 16.6. The van der Waals surface area contributed by atoms with Crippen molar-refractivity contribution in [1.82, 2.24) is 4.98 Å². The van der Waals surface area contributed by atoms with Crippen LogP contribution in [0.3, 0.4) is 0 Å². The van der Waals surface area contributed by atoms with Crippen LogP contribution >= 0.6 is 0 Å². The molecule has 2 rings (SSSR count). The molecular formula is C12H10N4O2. The Labute approximate surface area is 103 Å². The molecular weight excluding hydrogens is 232 g/mol. The minimum Gasteiger partial charge on any atom is -0.278 e. The SMILES string of the molecule is O=[N+]([O-])c1cccc(NN=Cc2ccccn2)c1. The fourth-order valence-corrected chi connectivity index (χ4v) is 1.31. The molecule has 0 unspecified atom stereocenters. The molecule has 0 aliphatic carbocycles. The van der Waals surface area contributed by atoms with Gasteiger partial charge in [-0.2, -0.15) is 5.10 Å². The first kappa shape index (κ1) is 11.7. The van der Waals surface area contributed by atoms with Gasteiger partial charge in [-0.1, -0.05) is 12.1 Å². The smallest absolute Gasteiger partial charge is 0.271 e. The number of rotatable bonds is 4. The number of hydrazone groups is 1. The van der Waals surface area contributed by atoms with E-state index in [9.17, 15) is 10.1 Å². The first-order valence-electron chi connectivity index (χ1n) is 5.20. The van der Waals surface area contributed by atoms with Crippen molar-refractivity contribution in [2.24, 2.45) is 5.10 Å². The Bertz CT molecular complexity index is 569. The molecule has 0 saturated heterocycles. The van der Waals surface area contributed by atoms with Crippen LogP contribution in [0.2, 0.25) is 0 Å². The molecule has 18 heavy (non-hydrogen) atoms. The van der Waals surface area contributed by atoms with E-state index in [1.165, 1.54) is 12.1 Å². The quantitative estimate of drug-likeness (QED) is 0.507. The van der Waals surface area contributed by atoms with Gasteiger partial charge in [0.25, 0.3) is 5.69 Å². The summed E-state index contributed by atoms with van der Waals surface area (Å²) in [6.45, 7) is 0. The third-order valence-electron chi connectivity index (χ3n) is 2.14. The molecule has 0 radical (unpaired) electrons. The highest BCUT2D eigenvalue weighted by Crippen LogP contribution is 2.16. The van der Waals surface area contributed by atoms with Gasteiger partial charge in [-0.25, -0.2) is 0 Å². The molecule has 1 aromatic carbocycles. The summed E-state index contributed by atoms with van der Waals surface area (Å²) in [7, 11) is 0. The van der Waals surface area contributed by atoms with Crippen LogP contribution in [-0.2, 0) is 0 Å². The van der Waals surface area contributed by atoms with E-state index in [1.807, 2.05) is 12.1 Å². The molecule has 0 amide bonds. The Morgan fingerprint density at radius 3 is 2.89 bits per heavy atom. The fraction of sp³-hybridized carbons (Fsp3) is 0. The molecule has 6 nitrogen and oxygen atoms in total. The Balaban J connectivity index is 2.04. The zero-order valence-electron chi connectivity index (χ0n) is 9.35. The summed E-state index contributed by atoms with van der Waals surface area (Å²) in [6, 6.07) is 11.6. The maximum atomic E-state index is 10.6. The number of nitrogens with zero attached hydrogens (tertiary/aromatic N) is 3. The van der Waals surface area contributed by atoms with Gasteiger partial charge in [-0.3, -0.25) is 20.5 Å². The average molecular weight is 242 g/mol. The molecule has 0 bridgehead atoms. The second-order valence-corrected chi connectivity index (χ2v) is 3.43. The van der Waals surface area contributed by atoms with Crippen molar-refractivity contribution >= 4 is 17.6 Å². The molecule has 1 heterocycles. The largest absolute Gasteiger partial charge is 0.278 e. The number of hydrogen-bond acceptors (Lipinski definition) is 5. The summed E-state index contributed by atoms with van der Waals surface area (Å²) in [5.41, 5.74) is 3.99. The Morgan fingerprint density at radius 1 is 1.28 bits per heavy atom. The lowest BCUT2D eigenvalue weighted by atomic mass is 10.3. The van der Waals surface area contributed by atoms with E-state index in [4.69, 9.17) is 0 Å². The molecule has 1 aromatic heterocycles. The maximum Gasteiger partial charge on any atom is 0.271 e. The minimum atomic E-state index is -0.451. The van der Waals surface area contributed by atoms with Crippen molar-refractivity contribution in [3.8, 4) is 0 Å². The summed E-state index contributed by atoms with van der Waals surface area (Å²) in [5.74, 6) is 0. The van der Waals surface area contributed by atoms with E-state index in [0.29, 0.717) is 11.4 Å². The van der Waals surface area contributed by atoms with Gasteiger partial charge in [0.2, 0.25) is 0 Å². The Kier molecular flexibility index (Phi) is 3.60. The lowest BCUT2D eigenvalue weighted by molar-refractivity contribution is -0.384.